The Morgan fingerprint density at radius 1 is 1.08 bits per heavy atom. The fourth-order valence-corrected chi connectivity index (χ4v) is 4.37. The summed E-state index contributed by atoms with van der Waals surface area (Å²) in [6.07, 6.45) is 0. The predicted molar refractivity (Wildman–Crippen MR) is 97.8 cm³/mol. The minimum atomic E-state index is -3.34. The molecule has 1 aliphatic rings. The first-order valence-electron chi connectivity index (χ1n) is 8.34. The highest BCUT2D eigenvalue weighted by molar-refractivity contribution is 7.88. The Balaban J connectivity index is 1.72. The molecule has 0 radical (unpaired) electrons. The highest BCUT2D eigenvalue weighted by Crippen LogP contribution is 2.18. The third kappa shape index (κ3) is 4.78. The standard InChI is InChI=1S/C18H23N3O3S/c1-15-5-4-8-18(20-15)19-13-16-6-2-3-7-17(16)14-25(22,23)21-9-11-24-12-10-21/h2-8H,9-14H2,1H3,(H,19,20). The van der Waals surface area contributed by atoms with Crippen molar-refractivity contribution in [1.29, 1.82) is 0 Å². The summed E-state index contributed by atoms with van der Waals surface area (Å²) in [6, 6.07) is 13.4. The van der Waals surface area contributed by atoms with Crippen LogP contribution in [-0.2, 0) is 27.1 Å². The topological polar surface area (TPSA) is 71.5 Å². The van der Waals surface area contributed by atoms with Gasteiger partial charge in [-0.25, -0.2) is 13.4 Å². The van der Waals surface area contributed by atoms with E-state index in [1.807, 2.05) is 49.4 Å². The van der Waals surface area contributed by atoms with Gasteiger partial charge in [0.2, 0.25) is 10.0 Å². The molecule has 0 saturated carbocycles. The first-order valence-corrected chi connectivity index (χ1v) is 9.95. The number of ether oxygens (including phenoxy) is 1. The summed E-state index contributed by atoms with van der Waals surface area (Å²) in [5.41, 5.74) is 2.71. The van der Waals surface area contributed by atoms with E-state index < -0.39 is 10.0 Å². The van der Waals surface area contributed by atoms with Crippen LogP contribution in [0.15, 0.2) is 42.5 Å². The maximum Gasteiger partial charge on any atom is 0.218 e. The molecule has 134 valence electrons. The minimum Gasteiger partial charge on any atom is -0.379 e. The summed E-state index contributed by atoms with van der Waals surface area (Å²) in [5.74, 6) is 0.789. The molecule has 0 spiro atoms. The van der Waals surface area contributed by atoms with Gasteiger partial charge in [-0.1, -0.05) is 30.3 Å². The zero-order valence-electron chi connectivity index (χ0n) is 14.3. The molecule has 0 atom stereocenters. The highest BCUT2D eigenvalue weighted by atomic mass is 32.2. The fraction of sp³-hybridized carbons (Fsp3) is 0.389. The summed E-state index contributed by atoms with van der Waals surface area (Å²) in [7, 11) is -3.34. The molecule has 1 fully saturated rings. The van der Waals surface area contributed by atoms with Crippen molar-refractivity contribution in [3.05, 3.63) is 59.3 Å². The van der Waals surface area contributed by atoms with Crippen molar-refractivity contribution < 1.29 is 13.2 Å². The number of nitrogens with zero attached hydrogens (tertiary/aromatic N) is 2. The Bertz CT molecular complexity index is 818. The molecular weight excluding hydrogens is 338 g/mol. The predicted octanol–water partition coefficient (Wildman–Crippen LogP) is 2.16. The first kappa shape index (κ1) is 17.8. The molecule has 25 heavy (non-hydrogen) atoms. The maximum absolute atomic E-state index is 12.7. The van der Waals surface area contributed by atoms with E-state index in [1.54, 1.807) is 0 Å². The average Bonchev–Trinajstić information content (AvgIpc) is 2.62. The van der Waals surface area contributed by atoms with Crippen LogP contribution in [0.3, 0.4) is 0 Å². The summed E-state index contributed by atoms with van der Waals surface area (Å²) in [4.78, 5) is 4.41. The van der Waals surface area contributed by atoms with Crippen molar-refractivity contribution in [3.8, 4) is 0 Å². The molecule has 1 saturated heterocycles. The van der Waals surface area contributed by atoms with Crippen LogP contribution in [0, 0.1) is 6.92 Å². The smallest absolute Gasteiger partial charge is 0.218 e. The van der Waals surface area contributed by atoms with E-state index in [0.717, 1.165) is 22.6 Å². The van der Waals surface area contributed by atoms with E-state index in [-0.39, 0.29) is 5.75 Å². The van der Waals surface area contributed by atoms with Crippen molar-refractivity contribution in [1.82, 2.24) is 9.29 Å². The molecule has 0 amide bonds. The molecule has 0 aliphatic carbocycles. The Morgan fingerprint density at radius 2 is 1.80 bits per heavy atom. The summed E-state index contributed by atoms with van der Waals surface area (Å²) < 4.78 is 32.1. The quantitative estimate of drug-likeness (QED) is 0.854. The van der Waals surface area contributed by atoms with E-state index in [9.17, 15) is 8.42 Å². The van der Waals surface area contributed by atoms with Gasteiger partial charge in [0, 0.05) is 25.3 Å². The van der Waals surface area contributed by atoms with Crippen molar-refractivity contribution >= 4 is 15.8 Å². The number of aryl methyl sites for hydroxylation is 1. The van der Waals surface area contributed by atoms with Gasteiger partial charge in [0.05, 0.1) is 19.0 Å². The molecule has 1 N–H and O–H groups in total. The van der Waals surface area contributed by atoms with Crippen LogP contribution >= 0.6 is 0 Å². The van der Waals surface area contributed by atoms with E-state index in [4.69, 9.17) is 4.74 Å². The third-order valence-corrected chi connectivity index (χ3v) is 6.00. The number of hydrogen-bond acceptors (Lipinski definition) is 5. The summed E-state index contributed by atoms with van der Waals surface area (Å²) >= 11 is 0. The molecule has 7 heteroatoms. The van der Waals surface area contributed by atoms with Crippen molar-refractivity contribution in [2.24, 2.45) is 0 Å². The van der Waals surface area contributed by atoms with Crippen LogP contribution in [0.1, 0.15) is 16.8 Å². The molecule has 0 bridgehead atoms. The van der Waals surface area contributed by atoms with Gasteiger partial charge >= 0.3 is 0 Å². The lowest BCUT2D eigenvalue weighted by molar-refractivity contribution is 0.0729. The second-order valence-corrected chi connectivity index (χ2v) is 8.02. The maximum atomic E-state index is 12.7. The van der Waals surface area contributed by atoms with E-state index in [1.165, 1.54) is 4.31 Å². The lowest BCUT2D eigenvalue weighted by Gasteiger charge is -2.26. The Morgan fingerprint density at radius 3 is 2.52 bits per heavy atom. The zero-order valence-corrected chi connectivity index (χ0v) is 15.1. The Hall–Kier alpha value is -1.96. The van der Waals surface area contributed by atoms with Crippen LogP contribution < -0.4 is 5.32 Å². The number of aromatic nitrogens is 1. The van der Waals surface area contributed by atoms with Gasteiger partial charge in [0.25, 0.3) is 0 Å². The zero-order chi connectivity index (χ0) is 17.7. The van der Waals surface area contributed by atoms with E-state index in [0.29, 0.717) is 32.8 Å². The number of sulfonamides is 1. The van der Waals surface area contributed by atoms with Crippen LogP contribution in [0.2, 0.25) is 0 Å². The molecule has 3 rings (SSSR count). The molecular formula is C18H23N3O3S. The van der Waals surface area contributed by atoms with Gasteiger partial charge in [-0.05, 0) is 30.2 Å². The third-order valence-electron chi connectivity index (χ3n) is 4.17. The van der Waals surface area contributed by atoms with E-state index >= 15 is 0 Å². The van der Waals surface area contributed by atoms with Gasteiger partial charge in [0.15, 0.2) is 0 Å². The van der Waals surface area contributed by atoms with Gasteiger partial charge in [0.1, 0.15) is 5.82 Å². The van der Waals surface area contributed by atoms with Gasteiger partial charge in [-0.2, -0.15) is 4.31 Å². The number of benzene rings is 1. The SMILES string of the molecule is Cc1cccc(NCc2ccccc2CS(=O)(=O)N2CCOCC2)n1. The van der Waals surface area contributed by atoms with Crippen molar-refractivity contribution in [2.45, 2.75) is 19.2 Å². The van der Waals surface area contributed by atoms with Gasteiger partial charge < -0.3 is 10.1 Å². The number of pyridine rings is 1. The van der Waals surface area contributed by atoms with Crippen LogP contribution in [0.25, 0.3) is 0 Å². The molecule has 6 nitrogen and oxygen atoms in total. The van der Waals surface area contributed by atoms with Crippen molar-refractivity contribution in [3.63, 3.8) is 0 Å². The molecule has 1 aromatic heterocycles. The van der Waals surface area contributed by atoms with Crippen LogP contribution in [-0.4, -0.2) is 44.0 Å². The van der Waals surface area contributed by atoms with E-state index in [2.05, 4.69) is 10.3 Å². The van der Waals surface area contributed by atoms with Crippen LogP contribution in [0.5, 0.6) is 0 Å². The molecule has 1 aliphatic heterocycles. The number of morpholine rings is 1. The molecule has 2 aromatic rings. The molecule has 2 heterocycles. The second kappa shape index (κ2) is 7.95. The Kier molecular flexibility index (Phi) is 5.67. The number of nitrogens with one attached hydrogen (secondary N) is 1. The first-order chi connectivity index (χ1) is 12.0. The Labute approximate surface area is 148 Å². The molecule has 1 aromatic carbocycles. The fourth-order valence-electron chi connectivity index (χ4n) is 2.81. The number of rotatable bonds is 6. The normalized spacial score (nSPS) is 15.9. The second-order valence-electron chi connectivity index (χ2n) is 6.05. The summed E-state index contributed by atoms with van der Waals surface area (Å²) in [5, 5.41) is 3.27. The average molecular weight is 361 g/mol. The lowest BCUT2D eigenvalue weighted by Crippen LogP contribution is -2.41. The highest BCUT2D eigenvalue weighted by Gasteiger charge is 2.25. The monoisotopic (exact) mass is 361 g/mol. The lowest BCUT2D eigenvalue weighted by atomic mass is 10.1. The summed E-state index contributed by atoms with van der Waals surface area (Å²) in [6.45, 7) is 4.24. The van der Waals surface area contributed by atoms with Gasteiger partial charge in [-0.15, -0.1) is 0 Å². The number of anilines is 1. The minimum absolute atomic E-state index is 0.00605. The molecule has 0 unspecified atom stereocenters. The van der Waals surface area contributed by atoms with Gasteiger partial charge in [-0.3, -0.25) is 0 Å². The largest absolute Gasteiger partial charge is 0.379 e. The number of hydrogen-bond donors (Lipinski definition) is 1. The van der Waals surface area contributed by atoms with Crippen molar-refractivity contribution in [2.75, 3.05) is 31.6 Å². The van der Waals surface area contributed by atoms with Crippen LogP contribution in [0.4, 0.5) is 5.82 Å².